The van der Waals surface area contributed by atoms with Crippen molar-refractivity contribution in [3.8, 4) is 5.69 Å². The first kappa shape index (κ1) is 18.9. The van der Waals surface area contributed by atoms with Crippen molar-refractivity contribution in [2.24, 2.45) is 5.41 Å². The maximum absolute atomic E-state index is 6.50. The van der Waals surface area contributed by atoms with Crippen LogP contribution in [0, 0.1) is 25.5 Å². The largest absolute Gasteiger partial charge is 0.448 e. The molecule has 30 heavy (non-hydrogen) atoms. The van der Waals surface area contributed by atoms with Gasteiger partial charge in [-0.3, -0.25) is 0 Å². The zero-order valence-electron chi connectivity index (χ0n) is 18.3. The summed E-state index contributed by atoms with van der Waals surface area (Å²) in [5, 5.41) is 4.65. The number of hydrogen-bond donors (Lipinski definition) is 0. The van der Waals surface area contributed by atoms with Crippen LogP contribution in [0.2, 0.25) is 0 Å². The fourth-order valence-electron chi connectivity index (χ4n) is 4.51. The van der Waals surface area contributed by atoms with Crippen molar-refractivity contribution >= 4 is 32.8 Å². The van der Waals surface area contributed by atoms with Crippen molar-refractivity contribution in [2.75, 3.05) is 0 Å². The molecule has 150 valence electrons. The summed E-state index contributed by atoms with van der Waals surface area (Å²) in [4.78, 5) is 0. The third kappa shape index (κ3) is 3.27. The lowest BCUT2D eigenvalue weighted by Gasteiger charge is -2.18. The second kappa shape index (κ2) is 6.70. The van der Waals surface area contributed by atoms with Crippen LogP contribution in [0.4, 0.5) is 0 Å². The van der Waals surface area contributed by atoms with E-state index in [0.717, 1.165) is 39.6 Å². The van der Waals surface area contributed by atoms with Crippen LogP contribution in [0.15, 0.2) is 65.1 Å². The lowest BCUT2D eigenvalue weighted by molar-refractivity contribution is -0.579. The molecule has 5 rings (SSSR count). The molecule has 3 aromatic carbocycles. The molecule has 0 amide bonds. The van der Waals surface area contributed by atoms with Crippen molar-refractivity contribution < 1.29 is 8.98 Å². The van der Waals surface area contributed by atoms with E-state index in [1.165, 1.54) is 22.1 Å². The summed E-state index contributed by atoms with van der Waals surface area (Å²) >= 11 is 0. The van der Waals surface area contributed by atoms with Crippen molar-refractivity contribution in [2.45, 2.75) is 41.0 Å². The van der Waals surface area contributed by atoms with E-state index in [4.69, 9.17) is 4.42 Å². The van der Waals surface area contributed by atoms with Gasteiger partial charge in [-0.25, -0.2) is 4.57 Å². The highest BCUT2D eigenvalue weighted by molar-refractivity contribution is 6.13. The second-order valence-electron chi connectivity index (χ2n) is 9.70. The van der Waals surface area contributed by atoms with Gasteiger partial charge in [0.1, 0.15) is 11.3 Å². The van der Waals surface area contributed by atoms with E-state index in [1.807, 2.05) is 10.6 Å². The standard InChI is InChI=1S/C28H27NO/c1-18-13-19(2)15-22(14-18)29-12-6-7-25-24-11-9-21-16-20(17-28(3,4)5)8-10-23(21)26(24)30-27(25)29/h6-11,13-16H,17H2,1-5H3. The van der Waals surface area contributed by atoms with Gasteiger partial charge in [-0.2, -0.15) is 0 Å². The Morgan fingerprint density at radius 1 is 0.833 bits per heavy atom. The highest BCUT2D eigenvalue weighted by atomic mass is 16.3. The molecule has 0 spiro atoms. The molecule has 0 radical (unpaired) electrons. The van der Waals surface area contributed by atoms with Gasteiger partial charge in [-0.05, 0) is 48.8 Å². The number of rotatable bonds is 2. The minimum Gasteiger partial charge on any atom is -0.448 e. The Bertz CT molecular complexity index is 1400. The SMILES string of the molecule is Cc1cc(C)cc(-[n+]2[c-]ccc3c4ccc5cc(CC(C)(C)C)ccc5c4oc32)c1. The quantitative estimate of drug-likeness (QED) is 0.233. The molecule has 0 bridgehead atoms. The Morgan fingerprint density at radius 3 is 2.30 bits per heavy atom. The lowest BCUT2D eigenvalue weighted by Crippen LogP contribution is -2.31. The molecule has 2 nitrogen and oxygen atoms in total. The second-order valence-corrected chi connectivity index (χ2v) is 9.70. The first-order valence-corrected chi connectivity index (χ1v) is 10.6. The van der Waals surface area contributed by atoms with Crippen LogP contribution < -0.4 is 4.57 Å². The minimum atomic E-state index is 0.268. The molecule has 5 aromatic rings. The van der Waals surface area contributed by atoms with Gasteiger partial charge < -0.3 is 4.42 Å². The first-order valence-electron chi connectivity index (χ1n) is 10.6. The number of aromatic nitrogens is 1. The number of benzene rings is 3. The highest BCUT2D eigenvalue weighted by Gasteiger charge is 2.16. The average Bonchev–Trinajstić information content (AvgIpc) is 3.04. The molecule has 0 N–H and O–H groups in total. The van der Waals surface area contributed by atoms with E-state index < -0.39 is 0 Å². The van der Waals surface area contributed by atoms with E-state index in [9.17, 15) is 0 Å². The van der Waals surface area contributed by atoms with Crippen LogP contribution >= 0.6 is 0 Å². The Morgan fingerprint density at radius 2 is 1.57 bits per heavy atom. The van der Waals surface area contributed by atoms with Gasteiger partial charge in [0.05, 0.1) is 0 Å². The van der Waals surface area contributed by atoms with E-state index in [0.29, 0.717) is 0 Å². The molecule has 2 heteroatoms. The first-order chi connectivity index (χ1) is 14.3. The Labute approximate surface area is 177 Å². The fourth-order valence-corrected chi connectivity index (χ4v) is 4.51. The zero-order valence-corrected chi connectivity index (χ0v) is 18.3. The van der Waals surface area contributed by atoms with Crippen LogP contribution in [0.3, 0.4) is 0 Å². The molecule has 2 heterocycles. The highest BCUT2D eigenvalue weighted by Crippen LogP contribution is 2.34. The predicted molar refractivity (Wildman–Crippen MR) is 124 cm³/mol. The molecule has 0 saturated heterocycles. The third-order valence-electron chi connectivity index (χ3n) is 5.61. The normalized spacial score (nSPS) is 12.3. The van der Waals surface area contributed by atoms with Crippen molar-refractivity contribution in [3.05, 3.63) is 83.6 Å². The predicted octanol–water partition coefficient (Wildman–Crippen LogP) is 7.02. The van der Waals surface area contributed by atoms with E-state index in [2.05, 4.69) is 95.4 Å². The zero-order chi connectivity index (χ0) is 21.0. The number of nitrogens with zero attached hydrogens (tertiary/aromatic N) is 1. The van der Waals surface area contributed by atoms with Crippen LogP contribution in [-0.4, -0.2) is 0 Å². The van der Waals surface area contributed by atoms with Crippen LogP contribution in [0.25, 0.3) is 38.5 Å². The molecule has 2 aromatic heterocycles. The van der Waals surface area contributed by atoms with Gasteiger partial charge in [-0.15, -0.1) is 6.07 Å². The van der Waals surface area contributed by atoms with E-state index in [1.54, 1.807) is 0 Å². The average molecular weight is 394 g/mol. The molecule has 0 aliphatic heterocycles. The van der Waals surface area contributed by atoms with E-state index in [-0.39, 0.29) is 5.41 Å². The summed E-state index contributed by atoms with van der Waals surface area (Å²) in [7, 11) is 0. The van der Waals surface area contributed by atoms with E-state index >= 15 is 0 Å². The topological polar surface area (TPSA) is 17.0 Å². The maximum Gasteiger partial charge on any atom is 0.296 e. The monoisotopic (exact) mass is 393 g/mol. The number of pyridine rings is 1. The molecule has 0 aliphatic rings. The molecule has 0 saturated carbocycles. The molecule has 0 aliphatic carbocycles. The summed E-state index contributed by atoms with van der Waals surface area (Å²) in [6.45, 7) is 11.1. The Balaban J connectivity index is 1.75. The fraction of sp³-hybridized carbons (Fsp3) is 0.250. The lowest BCUT2D eigenvalue weighted by atomic mass is 9.87. The summed E-state index contributed by atoms with van der Waals surface area (Å²) < 4.78 is 8.54. The minimum absolute atomic E-state index is 0.268. The number of aryl methyl sites for hydroxylation is 2. The summed E-state index contributed by atoms with van der Waals surface area (Å²) in [6, 6.07) is 21.8. The van der Waals surface area contributed by atoms with Gasteiger partial charge in [0.15, 0.2) is 6.20 Å². The molecule has 0 atom stereocenters. The molecule has 0 fully saturated rings. The number of hydrogen-bond acceptors (Lipinski definition) is 1. The summed E-state index contributed by atoms with van der Waals surface area (Å²) in [5.41, 5.74) is 6.96. The third-order valence-corrected chi connectivity index (χ3v) is 5.61. The van der Waals surface area contributed by atoms with Gasteiger partial charge in [-0.1, -0.05) is 74.4 Å². The Hall–Kier alpha value is -3.13. The van der Waals surface area contributed by atoms with Crippen LogP contribution in [-0.2, 0) is 6.42 Å². The maximum atomic E-state index is 6.50. The van der Waals surface area contributed by atoms with Crippen LogP contribution in [0.1, 0.15) is 37.5 Å². The van der Waals surface area contributed by atoms with Gasteiger partial charge >= 0.3 is 0 Å². The number of furan rings is 1. The van der Waals surface area contributed by atoms with Crippen molar-refractivity contribution in [1.82, 2.24) is 0 Å². The molecular formula is C28H27NO. The molecule has 0 unspecified atom stereocenters. The van der Waals surface area contributed by atoms with Gasteiger partial charge in [0.25, 0.3) is 5.71 Å². The summed E-state index contributed by atoms with van der Waals surface area (Å²) in [6.07, 6.45) is 4.41. The van der Waals surface area contributed by atoms with Gasteiger partial charge in [0, 0.05) is 16.2 Å². The Kier molecular flexibility index (Phi) is 4.21. The van der Waals surface area contributed by atoms with Gasteiger partial charge in [0.2, 0.25) is 0 Å². The summed E-state index contributed by atoms with van der Waals surface area (Å²) in [5.74, 6) is 0. The number of fused-ring (bicyclic) bond motifs is 5. The molecular weight excluding hydrogens is 366 g/mol. The van der Waals surface area contributed by atoms with Crippen molar-refractivity contribution in [1.29, 1.82) is 0 Å². The van der Waals surface area contributed by atoms with Crippen LogP contribution in [0.5, 0.6) is 0 Å². The van der Waals surface area contributed by atoms with Crippen molar-refractivity contribution in [3.63, 3.8) is 0 Å². The smallest absolute Gasteiger partial charge is 0.296 e.